The van der Waals surface area contributed by atoms with Crippen LogP contribution in [0, 0.1) is 12.1 Å². The minimum Gasteiger partial charge on any atom is -0.422 e. The quantitative estimate of drug-likeness (QED) is 0.157. The number of fused-ring (bicyclic) bond motifs is 6. The van der Waals surface area contributed by atoms with Crippen LogP contribution in [0.15, 0.2) is 97.1 Å². The molecule has 0 saturated heterocycles. The SMILES string of the molecule is CC(C)c1cc(Oc2cc(C(C)C)cc(-c3[c-]cc4c(c3)sc3ccccc34)n2)nc(-c2[c-]cc3c(c2)sc2ccccc23)c1.[Pt+2]. The van der Waals surface area contributed by atoms with Crippen molar-refractivity contribution >= 4 is 63.0 Å². The summed E-state index contributed by atoms with van der Waals surface area (Å²) >= 11 is 3.60. The molecule has 0 spiro atoms. The molecule has 228 valence electrons. The minimum absolute atomic E-state index is 0. The molecule has 6 heteroatoms. The van der Waals surface area contributed by atoms with E-state index in [4.69, 9.17) is 14.7 Å². The van der Waals surface area contributed by atoms with E-state index in [1.807, 2.05) is 12.1 Å². The van der Waals surface area contributed by atoms with Gasteiger partial charge in [0.15, 0.2) is 0 Å². The average molecular weight is 814 g/mol. The number of hydrogen-bond acceptors (Lipinski definition) is 5. The molecule has 0 fully saturated rings. The zero-order chi connectivity index (χ0) is 30.7. The first-order chi connectivity index (χ1) is 21.9. The molecule has 0 aliphatic heterocycles. The van der Waals surface area contributed by atoms with Gasteiger partial charge >= 0.3 is 21.1 Å². The maximum atomic E-state index is 6.51. The van der Waals surface area contributed by atoms with Crippen LogP contribution in [0.2, 0.25) is 0 Å². The Kier molecular flexibility index (Phi) is 8.27. The fourth-order valence-electron chi connectivity index (χ4n) is 5.83. The monoisotopic (exact) mass is 813 g/mol. The topological polar surface area (TPSA) is 35.0 Å². The number of ether oxygens (including phenoxy) is 1. The van der Waals surface area contributed by atoms with E-state index in [2.05, 4.69) is 125 Å². The summed E-state index contributed by atoms with van der Waals surface area (Å²) in [6.45, 7) is 8.77. The van der Waals surface area contributed by atoms with Gasteiger partial charge in [-0.3, -0.25) is 9.97 Å². The molecule has 0 aliphatic rings. The van der Waals surface area contributed by atoms with Crippen LogP contribution in [0.1, 0.15) is 50.7 Å². The van der Waals surface area contributed by atoms with E-state index in [0.717, 1.165) is 33.6 Å². The van der Waals surface area contributed by atoms with Gasteiger partial charge in [0.2, 0.25) is 11.8 Å². The van der Waals surface area contributed by atoms with E-state index in [1.165, 1.54) is 40.3 Å². The van der Waals surface area contributed by atoms with Gasteiger partial charge in [-0.25, -0.2) is 0 Å². The van der Waals surface area contributed by atoms with Crippen molar-refractivity contribution in [2.75, 3.05) is 0 Å². The predicted molar refractivity (Wildman–Crippen MR) is 191 cm³/mol. The summed E-state index contributed by atoms with van der Waals surface area (Å²) in [6, 6.07) is 41.1. The Morgan fingerprint density at radius 2 is 0.978 bits per heavy atom. The van der Waals surface area contributed by atoms with Crippen LogP contribution in [0.25, 0.3) is 62.9 Å². The van der Waals surface area contributed by atoms with Gasteiger partial charge in [0.05, 0.1) is 0 Å². The van der Waals surface area contributed by atoms with Crippen LogP contribution in [0.3, 0.4) is 0 Å². The van der Waals surface area contributed by atoms with Crippen molar-refractivity contribution in [2.45, 2.75) is 39.5 Å². The summed E-state index contributed by atoms with van der Waals surface area (Å²) < 4.78 is 11.5. The molecule has 3 nitrogen and oxygen atoms in total. The fourth-order valence-corrected chi connectivity index (χ4v) is 8.08. The Morgan fingerprint density at radius 1 is 0.543 bits per heavy atom. The largest absolute Gasteiger partial charge is 2.00 e. The average Bonchev–Trinajstić information content (AvgIpc) is 3.61. The third-order valence-corrected chi connectivity index (χ3v) is 10.6. The number of hydrogen-bond donors (Lipinski definition) is 0. The summed E-state index contributed by atoms with van der Waals surface area (Å²) in [5.41, 5.74) is 5.92. The first-order valence-corrected chi connectivity index (χ1v) is 16.9. The molecule has 8 aromatic rings. The van der Waals surface area contributed by atoms with Gasteiger partial charge in [-0.05, 0) is 66.7 Å². The van der Waals surface area contributed by atoms with E-state index in [0.29, 0.717) is 23.6 Å². The molecule has 0 unspecified atom stereocenters. The number of nitrogens with zero attached hydrogens (tertiary/aromatic N) is 2. The van der Waals surface area contributed by atoms with Crippen LogP contribution in [-0.4, -0.2) is 9.97 Å². The molecule has 0 saturated carbocycles. The second kappa shape index (κ2) is 12.4. The van der Waals surface area contributed by atoms with Crippen molar-refractivity contribution in [2.24, 2.45) is 0 Å². The molecule has 8 rings (SSSR count). The summed E-state index contributed by atoms with van der Waals surface area (Å²) in [5, 5.41) is 4.99. The van der Waals surface area contributed by atoms with E-state index >= 15 is 0 Å². The molecular weight excluding hydrogens is 784 g/mol. The number of pyridine rings is 2. The summed E-state index contributed by atoms with van der Waals surface area (Å²) in [4.78, 5) is 9.98. The minimum atomic E-state index is 0. The number of aromatic nitrogens is 2. The molecule has 0 aliphatic carbocycles. The van der Waals surface area contributed by atoms with Crippen molar-refractivity contribution in [3.05, 3.63) is 120 Å². The van der Waals surface area contributed by atoms with Crippen LogP contribution in [0.4, 0.5) is 0 Å². The van der Waals surface area contributed by atoms with Crippen LogP contribution in [-0.2, 0) is 21.1 Å². The Bertz CT molecular complexity index is 2220. The van der Waals surface area contributed by atoms with E-state index in [1.54, 1.807) is 22.7 Å². The molecule has 4 aromatic heterocycles. The predicted octanol–water partition coefficient (Wildman–Crippen LogP) is 12.2. The summed E-state index contributed by atoms with van der Waals surface area (Å²) in [7, 11) is 0. The molecule has 0 radical (unpaired) electrons. The molecule has 0 bridgehead atoms. The van der Waals surface area contributed by atoms with Crippen LogP contribution < -0.4 is 4.74 Å². The van der Waals surface area contributed by atoms with Gasteiger partial charge in [0, 0.05) is 21.5 Å². The molecular formula is C40H30N2OPtS2. The number of thiophene rings is 2. The Morgan fingerprint density at radius 3 is 1.41 bits per heavy atom. The molecule has 4 aromatic carbocycles. The number of rotatable bonds is 6. The van der Waals surface area contributed by atoms with Crippen molar-refractivity contribution in [3.8, 4) is 34.3 Å². The van der Waals surface area contributed by atoms with Gasteiger partial charge in [-0.15, -0.1) is 47.5 Å². The van der Waals surface area contributed by atoms with Gasteiger partial charge in [-0.1, -0.05) is 87.0 Å². The van der Waals surface area contributed by atoms with Gasteiger partial charge in [0.1, 0.15) is 0 Å². The third-order valence-electron chi connectivity index (χ3n) is 8.36. The molecule has 4 heterocycles. The van der Waals surface area contributed by atoms with E-state index in [-0.39, 0.29) is 21.1 Å². The van der Waals surface area contributed by atoms with Crippen LogP contribution in [0.5, 0.6) is 11.8 Å². The second-order valence-electron chi connectivity index (χ2n) is 12.1. The van der Waals surface area contributed by atoms with E-state index in [9.17, 15) is 0 Å². The number of benzene rings is 4. The van der Waals surface area contributed by atoms with Gasteiger partial charge in [-0.2, -0.15) is 22.7 Å². The first kappa shape index (κ1) is 30.7. The van der Waals surface area contributed by atoms with Crippen molar-refractivity contribution in [1.29, 1.82) is 0 Å². The standard InChI is InChI=1S/C40H30N2OS2.Pt/c1-23(2)27-17-33(25-13-15-31-29-9-5-7-11-35(29)44-37(31)19-25)41-39(21-27)43-40-22-28(24(3)4)18-34(42-40)26-14-16-32-30-10-6-8-12-36(30)45-38(32)20-26;/h5-12,15-24H,1-4H3;/q-2;+2. The van der Waals surface area contributed by atoms with Gasteiger partial charge < -0.3 is 4.74 Å². The fraction of sp³-hybridized carbons (Fsp3) is 0.150. The van der Waals surface area contributed by atoms with Gasteiger partial charge in [0.25, 0.3) is 0 Å². The Balaban J connectivity index is 0.00000338. The van der Waals surface area contributed by atoms with Crippen LogP contribution >= 0.6 is 22.7 Å². The summed E-state index contributed by atoms with van der Waals surface area (Å²) in [5.74, 6) is 1.67. The Hall–Kier alpha value is -3.89. The first-order valence-electron chi connectivity index (χ1n) is 15.3. The maximum absolute atomic E-state index is 6.51. The Labute approximate surface area is 291 Å². The zero-order valence-corrected chi connectivity index (χ0v) is 29.7. The normalized spacial score (nSPS) is 11.7. The zero-order valence-electron chi connectivity index (χ0n) is 25.8. The third kappa shape index (κ3) is 5.66. The van der Waals surface area contributed by atoms with Crippen molar-refractivity contribution in [1.82, 2.24) is 9.97 Å². The smallest absolute Gasteiger partial charge is 0.422 e. The molecule has 46 heavy (non-hydrogen) atoms. The second-order valence-corrected chi connectivity index (χ2v) is 14.3. The molecule has 0 amide bonds. The van der Waals surface area contributed by atoms with E-state index < -0.39 is 0 Å². The maximum Gasteiger partial charge on any atom is 2.00 e. The molecule has 0 atom stereocenters. The van der Waals surface area contributed by atoms with Crippen molar-refractivity contribution in [3.63, 3.8) is 0 Å². The van der Waals surface area contributed by atoms with Crippen molar-refractivity contribution < 1.29 is 25.8 Å². The molecule has 0 N–H and O–H groups in total. The summed E-state index contributed by atoms with van der Waals surface area (Å²) in [6.07, 6.45) is 0.